The van der Waals surface area contributed by atoms with Gasteiger partial charge < -0.3 is 9.84 Å². The molecular weight excluding hydrogens is 206 g/mol. The van der Waals surface area contributed by atoms with Crippen molar-refractivity contribution in [2.45, 2.75) is 38.7 Å². The van der Waals surface area contributed by atoms with Gasteiger partial charge in [-0.25, -0.2) is 4.79 Å². The molecule has 0 unspecified atom stereocenters. The lowest BCUT2D eigenvalue weighted by Gasteiger charge is -2.10. The molecule has 0 radical (unpaired) electrons. The quantitative estimate of drug-likeness (QED) is 0.848. The summed E-state index contributed by atoms with van der Waals surface area (Å²) in [5, 5.41) is 9.09. The summed E-state index contributed by atoms with van der Waals surface area (Å²) >= 11 is 0. The minimum Gasteiger partial charge on any atom is -0.489 e. The average Bonchev–Trinajstić information content (AvgIpc) is 3.01. The summed E-state index contributed by atoms with van der Waals surface area (Å²) in [5.41, 5.74) is 0.851. The van der Waals surface area contributed by atoms with Gasteiger partial charge in [0.1, 0.15) is 5.75 Å². The van der Waals surface area contributed by atoms with Gasteiger partial charge in [-0.2, -0.15) is 0 Å². The molecule has 1 aliphatic rings. The molecule has 1 heterocycles. The van der Waals surface area contributed by atoms with Crippen LogP contribution in [-0.4, -0.2) is 22.2 Å². The molecule has 16 heavy (non-hydrogen) atoms. The molecule has 1 aliphatic carbocycles. The fourth-order valence-electron chi connectivity index (χ4n) is 1.53. The van der Waals surface area contributed by atoms with E-state index in [1.807, 2.05) is 13.8 Å². The number of carbonyl (C=O) groups is 1. The lowest BCUT2D eigenvalue weighted by molar-refractivity contribution is 0.0694. The van der Waals surface area contributed by atoms with Crippen LogP contribution < -0.4 is 4.74 Å². The molecule has 0 aromatic carbocycles. The van der Waals surface area contributed by atoms with Crippen molar-refractivity contribution in [2.24, 2.45) is 0 Å². The molecule has 0 spiro atoms. The van der Waals surface area contributed by atoms with E-state index in [-0.39, 0.29) is 17.6 Å². The van der Waals surface area contributed by atoms with Gasteiger partial charge in [-0.15, -0.1) is 0 Å². The van der Waals surface area contributed by atoms with E-state index in [0.717, 1.165) is 12.8 Å². The number of rotatable bonds is 4. The summed E-state index contributed by atoms with van der Waals surface area (Å²) in [6.07, 6.45) is 3.97. The normalized spacial score (nSPS) is 15.2. The van der Waals surface area contributed by atoms with Gasteiger partial charge in [-0.05, 0) is 24.8 Å². The third-order valence-electron chi connectivity index (χ3n) is 2.50. The van der Waals surface area contributed by atoms with Crippen molar-refractivity contribution in [3.8, 4) is 5.75 Å². The van der Waals surface area contributed by atoms with Crippen LogP contribution in [0.3, 0.4) is 0 Å². The molecule has 1 aromatic heterocycles. The van der Waals surface area contributed by atoms with Crippen molar-refractivity contribution in [1.29, 1.82) is 0 Å². The zero-order valence-corrected chi connectivity index (χ0v) is 9.43. The first kappa shape index (κ1) is 10.9. The van der Waals surface area contributed by atoms with Gasteiger partial charge in [0, 0.05) is 0 Å². The van der Waals surface area contributed by atoms with E-state index in [2.05, 4.69) is 4.98 Å². The van der Waals surface area contributed by atoms with Crippen LogP contribution >= 0.6 is 0 Å². The Morgan fingerprint density at radius 1 is 1.56 bits per heavy atom. The van der Waals surface area contributed by atoms with Gasteiger partial charge >= 0.3 is 5.97 Å². The molecule has 1 saturated carbocycles. The molecule has 0 bridgehead atoms. The molecular formula is C12H15NO3. The van der Waals surface area contributed by atoms with Crippen LogP contribution in [0.15, 0.2) is 12.3 Å². The Morgan fingerprint density at radius 3 is 2.75 bits per heavy atom. The van der Waals surface area contributed by atoms with Crippen molar-refractivity contribution in [2.75, 3.05) is 0 Å². The largest absolute Gasteiger partial charge is 0.489 e. The van der Waals surface area contributed by atoms with Crippen LogP contribution in [0.4, 0.5) is 0 Å². The summed E-state index contributed by atoms with van der Waals surface area (Å²) < 4.78 is 5.53. The van der Waals surface area contributed by atoms with E-state index in [4.69, 9.17) is 9.84 Å². The number of hydrogen-bond acceptors (Lipinski definition) is 3. The van der Waals surface area contributed by atoms with Gasteiger partial charge in [0.05, 0.1) is 23.6 Å². The summed E-state index contributed by atoms with van der Waals surface area (Å²) in [5.74, 6) is -0.289. The minimum absolute atomic E-state index is 0.0982. The molecule has 4 heteroatoms. The Bertz CT molecular complexity index is 411. The Morgan fingerprint density at radius 2 is 2.25 bits per heavy atom. The lowest BCUT2D eigenvalue weighted by atomic mass is 10.0. The number of nitrogens with zero attached hydrogens (tertiary/aromatic N) is 1. The van der Waals surface area contributed by atoms with E-state index in [1.54, 1.807) is 12.3 Å². The van der Waals surface area contributed by atoms with Gasteiger partial charge in [-0.1, -0.05) is 13.8 Å². The lowest BCUT2D eigenvalue weighted by Crippen LogP contribution is -2.08. The molecule has 4 nitrogen and oxygen atoms in total. The third-order valence-corrected chi connectivity index (χ3v) is 2.50. The van der Waals surface area contributed by atoms with E-state index in [9.17, 15) is 4.79 Å². The molecule has 0 aliphatic heterocycles. The maximum absolute atomic E-state index is 11.1. The number of ether oxygens (including phenoxy) is 1. The second-order valence-electron chi connectivity index (χ2n) is 4.38. The molecule has 1 fully saturated rings. The summed E-state index contributed by atoms with van der Waals surface area (Å²) in [7, 11) is 0. The molecule has 1 aromatic rings. The highest BCUT2D eigenvalue weighted by molar-refractivity contribution is 5.89. The fourth-order valence-corrected chi connectivity index (χ4v) is 1.53. The minimum atomic E-state index is -0.947. The van der Waals surface area contributed by atoms with Crippen molar-refractivity contribution in [3.63, 3.8) is 0 Å². The molecule has 0 saturated heterocycles. The van der Waals surface area contributed by atoms with Crippen LogP contribution in [0.2, 0.25) is 0 Å². The number of aromatic nitrogens is 1. The first-order chi connectivity index (χ1) is 7.58. The van der Waals surface area contributed by atoms with Crippen molar-refractivity contribution in [3.05, 3.63) is 23.5 Å². The zero-order valence-electron chi connectivity index (χ0n) is 9.43. The van der Waals surface area contributed by atoms with Gasteiger partial charge in [0.15, 0.2) is 0 Å². The highest BCUT2D eigenvalue weighted by Gasteiger charge is 2.24. The maximum atomic E-state index is 11.1. The monoisotopic (exact) mass is 221 g/mol. The number of pyridine rings is 1. The highest BCUT2D eigenvalue weighted by atomic mass is 16.5. The third kappa shape index (κ3) is 2.32. The van der Waals surface area contributed by atoms with E-state index in [1.165, 1.54) is 0 Å². The topological polar surface area (TPSA) is 59.4 Å². The Kier molecular flexibility index (Phi) is 2.81. The molecule has 0 amide bonds. The number of carboxylic acids is 1. The molecule has 86 valence electrons. The average molecular weight is 221 g/mol. The second-order valence-corrected chi connectivity index (χ2v) is 4.38. The summed E-state index contributed by atoms with van der Waals surface area (Å²) in [4.78, 5) is 15.3. The molecule has 1 N–H and O–H groups in total. The predicted molar refractivity (Wildman–Crippen MR) is 58.9 cm³/mol. The smallest absolute Gasteiger partial charge is 0.337 e. The van der Waals surface area contributed by atoms with E-state index in [0.29, 0.717) is 11.4 Å². The molecule has 0 atom stereocenters. The summed E-state index contributed by atoms with van der Waals surface area (Å²) in [6.45, 7) is 3.85. The van der Waals surface area contributed by atoms with Crippen LogP contribution in [0.5, 0.6) is 5.75 Å². The second kappa shape index (κ2) is 4.12. The molecule has 2 rings (SSSR count). The van der Waals surface area contributed by atoms with Crippen LogP contribution in [-0.2, 0) is 0 Å². The van der Waals surface area contributed by atoms with Crippen LogP contribution in [0.25, 0.3) is 0 Å². The van der Waals surface area contributed by atoms with Crippen molar-refractivity contribution in [1.82, 2.24) is 4.98 Å². The first-order valence-corrected chi connectivity index (χ1v) is 5.48. The van der Waals surface area contributed by atoms with E-state index < -0.39 is 5.97 Å². The van der Waals surface area contributed by atoms with Gasteiger partial charge in [-0.3, -0.25) is 4.98 Å². The number of hydrogen-bond donors (Lipinski definition) is 1. The standard InChI is InChI=1S/C12H15NO3/c1-7(2)11-10(12(14)15)5-9(6-13-11)16-8-3-4-8/h5-8H,3-4H2,1-2H3,(H,14,15). The predicted octanol–water partition coefficient (Wildman–Crippen LogP) is 2.44. The van der Waals surface area contributed by atoms with Gasteiger partial charge in [0.25, 0.3) is 0 Å². The Hall–Kier alpha value is -1.58. The summed E-state index contributed by atoms with van der Waals surface area (Å²) in [6, 6.07) is 1.57. The van der Waals surface area contributed by atoms with Crippen molar-refractivity contribution >= 4 is 5.97 Å². The fraction of sp³-hybridized carbons (Fsp3) is 0.500. The first-order valence-electron chi connectivity index (χ1n) is 5.48. The zero-order chi connectivity index (χ0) is 11.7. The number of carboxylic acid groups (broad SMARTS) is 1. The Balaban J connectivity index is 2.30. The van der Waals surface area contributed by atoms with Gasteiger partial charge in [0.2, 0.25) is 0 Å². The van der Waals surface area contributed by atoms with E-state index >= 15 is 0 Å². The highest BCUT2D eigenvalue weighted by Crippen LogP contribution is 2.28. The SMILES string of the molecule is CC(C)c1ncc(OC2CC2)cc1C(=O)O. The van der Waals surface area contributed by atoms with Crippen LogP contribution in [0, 0.1) is 0 Å². The maximum Gasteiger partial charge on any atom is 0.337 e. The Labute approximate surface area is 94.3 Å². The number of aromatic carboxylic acids is 1. The van der Waals surface area contributed by atoms with Crippen molar-refractivity contribution < 1.29 is 14.6 Å². The van der Waals surface area contributed by atoms with Crippen LogP contribution in [0.1, 0.15) is 48.7 Å².